The summed E-state index contributed by atoms with van der Waals surface area (Å²) in [5.41, 5.74) is 2.75. The SMILES string of the molecule is CSc1ccc(NCc2cccc(OCc3ccccc3F)c2)cc1. The van der Waals surface area contributed by atoms with Gasteiger partial charge in [0.25, 0.3) is 0 Å². The van der Waals surface area contributed by atoms with Crippen LogP contribution in [-0.4, -0.2) is 6.26 Å². The molecule has 0 saturated carbocycles. The number of halogens is 1. The molecule has 0 amide bonds. The van der Waals surface area contributed by atoms with Crippen molar-refractivity contribution < 1.29 is 9.13 Å². The maximum absolute atomic E-state index is 13.6. The fourth-order valence-electron chi connectivity index (χ4n) is 2.43. The summed E-state index contributed by atoms with van der Waals surface area (Å²) in [5, 5.41) is 3.40. The highest BCUT2D eigenvalue weighted by atomic mass is 32.2. The van der Waals surface area contributed by atoms with Crippen LogP contribution in [0, 0.1) is 5.82 Å². The van der Waals surface area contributed by atoms with Crippen LogP contribution < -0.4 is 10.1 Å². The molecular weight excluding hydrogens is 333 g/mol. The van der Waals surface area contributed by atoms with Gasteiger partial charge in [0.15, 0.2) is 0 Å². The molecular formula is C21H20FNOS. The van der Waals surface area contributed by atoms with E-state index < -0.39 is 0 Å². The summed E-state index contributed by atoms with van der Waals surface area (Å²) in [6.07, 6.45) is 2.06. The topological polar surface area (TPSA) is 21.3 Å². The maximum atomic E-state index is 13.6. The first-order chi connectivity index (χ1) is 12.2. The van der Waals surface area contributed by atoms with Gasteiger partial charge in [0.05, 0.1) is 0 Å². The molecule has 2 nitrogen and oxygen atoms in total. The molecule has 0 aromatic heterocycles. The third-order valence-electron chi connectivity index (χ3n) is 3.84. The monoisotopic (exact) mass is 353 g/mol. The number of rotatable bonds is 7. The van der Waals surface area contributed by atoms with Crippen LogP contribution in [0.15, 0.2) is 77.7 Å². The van der Waals surface area contributed by atoms with Crippen LogP contribution in [-0.2, 0) is 13.2 Å². The summed E-state index contributed by atoms with van der Waals surface area (Å²) in [5.74, 6) is 0.495. The van der Waals surface area contributed by atoms with E-state index in [2.05, 4.69) is 35.8 Å². The van der Waals surface area contributed by atoms with Gasteiger partial charge in [-0.2, -0.15) is 0 Å². The highest BCUT2D eigenvalue weighted by Gasteiger charge is 2.03. The van der Waals surface area contributed by atoms with Crippen molar-refractivity contribution in [3.63, 3.8) is 0 Å². The van der Waals surface area contributed by atoms with Gasteiger partial charge in [-0.05, 0) is 54.3 Å². The summed E-state index contributed by atoms with van der Waals surface area (Å²) in [6, 6.07) is 22.9. The predicted molar refractivity (Wildman–Crippen MR) is 103 cm³/mol. The van der Waals surface area contributed by atoms with Crippen LogP contribution in [0.5, 0.6) is 5.75 Å². The first-order valence-electron chi connectivity index (χ1n) is 8.07. The normalized spacial score (nSPS) is 10.5. The first-order valence-corrected chi connectivity index (χ1v) is 9.30. The van der Waals surface area contributed by atoms with Gasteiger partial charge in [-0.25, -0.2) is 4.39 Å². The van der Waals surface area contributed by atoms with E-state index in [1.807, 2.05) is 30.3 Å². The zero-order valence-electron chi connectivity index (χ0n) is 14.0. The number of hydrogen-bond donors (Lipinski definition) is 1. The molecule has 0 saturated heterocycles. The van der Waals surface area contributed by atoms with Crippen molar-refractivity contribution in [2.75, 3.05) is 11.6 Å². The largest absolute Gasteiger partial charge is 0.489 e. The van der Waals surface area contributed by atoms with Crippen LogP contribution >= 0.6 is 11.8 Å². The second kappa shape index (κ2) is 8.58. The Morgan fingerprint density at radius 1 is 0.960 bits per heavy atom. The van der Waals surface area contributed by atoms with Crippen LogP contribution in [0.3, 0.4) is 0 Å². The lowest BCUT2D eigenvalue weighted by molar-refractivity contribution is 0.299. The van der Waals surface area contributed by atoms with E-state index in [1.165, 1.54) is 11.0 Å². The fraction of sp³-hybridized carbons (Fsp3) is 0.143. The lowest BCUT2D eigenvalue weighted by atomic mass is 10.2. The van der Waals surface area contributed by atoms with E-state index >= 15 is 0 Å². The molecule has 0 spiro atoms. The van der Waals surface area contributed by atoms with Crippen molar-refractivity contribution in [1.82, 2.24) is 0 Å². The van der Waals surface area contributed by atoms with E-state index in [4.69, 9.17) is 4.74 Å². The van der Waals surface area contributed by atoms with Gasteiger partial charge < -0.3 is 10.1 Å². The number of ether oxygens (including phenoxy) is 1. The minimum Gasteiger partial charge on any atom is -0.489 e. The molecule has 0 fully saturated rings. The van der Waals surface area contributed by atoms with Crippen molar-refractivity contribution in [2.45, 2.75) is 18.0 Å². The smallest absolute Gasteiger partial charge is 0.129 e. The summed E-state index contributed by atoms with van der Waals surface area (Å²) >= 11 is 1.73. The van der Waals surface area contributed by atoms with Crippen LogP contribution in [0.2, 0.25) is 0 Å². The molecule has 128 valence electrons. The van der Waals surface area contributed by atoms with E-state index in [-0.39, 0.29) is 12.4 Å². The van der Waals surface area contributed by atoms with E-state index in [1.54, 1.807) is 23.9 Å². The molecule has 0 unspecified atom stereocenters. The Kier molecular flexibility index (Phi) is 5.96. The molecule has 3 aromatic carbocycles. The van der Waals surface area contributed by atoms with Crippen molar-refractivity contribution in [2.24, 2.45) is 0 Å². The van der Waals surface area contributed by atoms with E-state index in [9.17, 15) is 4.39 Å². The molecule has 0 aliphatic rings. The quantitative estimate of drug-likeness (QED) is 0.547. The average Bonchev–Trinajstić information content (AvgIpc) is 2.66. The Morgan fingerprint density at radius 3 is 2.52 bits per heavy atom. The maximum Gasteiger partial charge on any atom is 0.129 e. The number of hydrogen-bond acceptors (Lipinski definition) is 3. The minimum atomic E-state index is -0.242. The Balaban J connectivity index is 1.58. The number of nitrogens with one attached hydrogen (secondary N) is 1. The van der Waals surface area contributed by atoms with Gasteiger partial charge in [-0.15, -0.1) is 11.8 Å². The summed E-state index contributed by atoms with van der Waals surface area (Å²) in [7, 11) is 0. The van der Waals surface area contributed by atoms with Crippen molar-refractivity contribution in [3.8, 4) is 5.75 Å². The van der Waals surface area contributed by atoms with Gasteiger partial charge in [0, 0.05) is 22.7 Å². The summed E-state index contributed by atoms with van der Waals surface area (Å²) in [4.78, 5) is 1.24. The Bertz CT molecular complexity index is 820. The molecule has 0 aliphatic heterocycles. The fourth-order valence-corrected chi connectivity index (χ4v) is 2.84. The Morgan fingerprint density at radius 2 is 1.76 bits per heavy atom. The van der Waals surface area contributed by atoms with E-state index in [0.717, 1.165) is 17.0 Å². The second-order valence-electron chi connectivity index (χ2n) is 5.61. The number of thioether (sulfide) groups is 1. The van der Waals surface area contributed by atoms with E-state index in [0.29, 0.717) is 12.1 Å². The molecule has 0 heterocycles. The number of benzene rings is 3. The summed E-state index contributed by atoms with van der Waals surface area (Å²) in [6.45, 7) is 0.926. The van der Waals surface area contributed by atoms with Gasteiger partial charge in [-0.3, -0.25) is 0 Å². The third kappa shape index (κ3) is 5.00. The highest BCUT2D eigenvalue weighted by Crippen LogP contribution is 2.20. The van der Waals surface area contributed by atoms with Gasteiger partial charge in [-0.1, -0.05) is 30.3 Å². The minimum absolute atomic E-state index is 0.222. The van der Waals surface area contributed by atoms with Gasteiger partial charge in [0.2, 0.25) is 0 Å². The molecule has 0 atom stereocenters. The van der Waals surface area contributed by atoms with Gasteiger partial charge >= 0.3 is 0 Å². The third-order valence-corrected chi connectivity index (χ3v) is 4.58. The van der Waals surface area contributed by atoms with Crippen molar-refractivity contribution >= 4 is 17.4 Å². The number of anilines is 1. The molecule has 4 heteroatoms. The van der Waals surface area contributed by atoms with Crippen LogP contribution in [0.25, 0.3) is 0 Å². The molecule has 3 rings (SSSR count). The molecule has 0 aliphatic carbocycles. The second-order valence-corrected chi connectivity index (χ2v) is 6.49. The van der Waals surface area contributed by atoms with Crippen molar-refractivity contribution in [1.29, 1.82) is 0 Å². The molecule has 1 N–H and O–H groups in total. The highest BCUT2D eigenvalue weighted by molar-refractivity contribution is 7.98. The predicted octanol–water partition coefficient (Wildman–Crippen LogP) is 5.74. The average molecular weight is 353 g/mol. The molecule has 25 heavy (non-hydrogen) atoms. The van der Waals surface area contributed by atoms with Crippen LogP contribution in [0.4, 0.5) is 10.1 Å². The lowest BCUT2D eigenvalue weighted by Crippen LogP contribution is -2.01. The zero-order chi connectivity index (χ0) is 17.5. The molecule has 3 aromatic rings. The lowest BCUT2D eigenvalue weighted by Gasteiger charge is -2.10. The molecule has 0 bridgehead atoms. The zero-order valence-corrected chi connectivity index (χ0v) is 14.9. The standard InChI is InChI=1S/C21H20FNOS/c1-25-20-11-9-18(10-12-20)23-14-16-5-4-7-19(13-16)24-15-17-6-2-3-8-21(17)22/h2-13,23H,14-15H2,1H3. The first kappa shape index (κ1) is 17.4. The summed E-state index contributed by atoms with van der Waals surface area (Å²) < 4.78 is 19.4. The van der Waals surface area contributed by atoms with Crippen LogP contribution in [0.1, 0.15) is 11.1 Å². The Hall–Kier alpha value is -2.46. The molecule has 0 radical (unpaired) electrons. The van der Waals surface area contributed by atoms with Gasteiger partial charge in [0.1, 0.15) is 18.2 Å². The van der Waals surface area contributed by atoms with Crippen molar-refractivity contribution in [3.05, 3.63) is 89.7 Å². The Labute approximate surface area is 152 Å².